The molecule has 0 aromatic carbocycles. The molecule has 2 atom stereocenters. The van der Waals surface area contributed by atoms with Gasteiger partial charge in [-0.15, -0.1) is 0 Å². The molecule has 0 aliphatic rings. The van der Waals surface area contributed by atoms with E-state index in [1.807, 2.05) is 0 Å². The zero-order valence-electron chi connectivity index (χ0n) is 58.8. The van der Waals surface area contributed by atoms with Crippen molar-refractivity contribution in [2.24, 2.45) is 5.73 Å². The molecule has 0 saturated carbocycles. The highest BCUT2D eigenvalue weighted by atomic mass is 31.2. The number of phosphoric ester groups is 1. The molecule has 0 saturated heterocycles. The van der Waals surface area contributed by atoms with Crippen LogP contribution in [0.2, 0.25) is 0 Å². The smallest absolute Gasteiger partial charge is 0.462 e. The van der Waals surface area contributed by atoms with Gasteiger partial charge in [-0.2, -0.15) is 0 Å². The van der Waals surface area contributed by atoms with E-state index in [1.54, 1.807) is 0 Å². The number of nitrogens with two attached hydrogens (primary N) is 1. The van der Waals surface area contributed by atoms with E-state index in [2.05, 4.69) is 148 Å². The van der Waals surface area contributed by atoms with Crippen LogP contribution in [0.4, 0.5) is 0 Å². The summed E-state index contributed by atoms with van der Waals surface area (Å²) in [6.45, 7) is 3.66. The summed E-state index contributed by atoms with van der Waals surface area (Å²) >= 11 is 0. The summed E-state index contributed by atoms with van der Waals surface area (Å²) in [6.07, 6.45) is 107. The number of hydrogen-bond donors (Lipinski definition) is 2. The first-order valence-electron chi connectivity index (χ1n) is 37.7. The minimum Gasteiger partial charge on any atom is -0.462 e. The zero-order chi connectivity index (χ0) is 65.8. The zero-order valence-corrected chi connectivity index (χ0v) is 59.7. The minimum absolute atomic E-state index is 0.0486. The lowest BCUT2D eigenvalue weighted by molar-refractivity contribution is -0.161. The normalized spacial score (nSPS) is 13.7. The largest absolute Gasteiger partial charge is 0.472 e. The third-order valence-electron chi connectivity index (χ3n) is 16.0. The summed E-state index contributed by atoms with van der Waals surface area (Å²) < 4.78 is 33.2. The molecular formula is C81H140NO8P. The number of hydrogen-bond acceptors (Lipinski definition) is 8. The van der Waals surface area contributed by atoms with Gasteiger partial charge in [0.1, 0.15) is 6.61 Å². The predicted octanol–water partition coefficient (Wildman–Crippen LogP) is 25.2. The molecule has 0 amide bonds. The Kier molecular flexibility index (Phi) is 72.0. The van der Waals surface area contributed by atoms with E-state index < -0.39 is 26.5 Å². The van der Waals surface area contributed by atoms with Crippen LogP contribution in [-0.4, -0.2) is 49.3 Å². The van der Waals surface area contributed by atoms with Crippen LogP contribution in [0.5, 0.6) is 0 Å². The number of carbonyl (C=O) groups is 2. The van der Waals surface area contributed by atoms with Gasteiger partial charge in [-0.05, 0) is 116 Å². The lowest BCUT2D eigenvalue weighted by atomic mass is 10.0. The van der Waals surface area contributed by atoms with Crippen molar-refractivity contribution in [1.82, 2.24) is 0 Å². The first-order valence-corrected chi connectivity index (χ1v) is 39.2. The van der Waals surface area contributed by atoms with E-state index in [4.69, 9.17) is 24.3 Å². The van der Waals surface area contributed by atoms with Gasteiger partial charge in [0.25, 0.3) is 0 Å². The Labute approximate surface area is 561 Å². The van der Waals surface area contributed by atoms with Crippen LogP contribution in [0.15, 0.2) is 134 Å². The highest BCUT2D eigenvalue weighted by Crippen LogP contribution is 2.43. The second kappa shape index (κ2) is 75.2. The number of phosphoric acid groups is 1. The van der Waals surface area contributed by atoms with Crippen molar-refractivity contribution in [2.45, 2.75) is 341 Å². The molecule has 3 N–H and O–H groups in total. The molecule has 0 aromatic rings. The van der Waals surface area contributed by atoms with Crippen LogP contribution in [0.25, 0.3) is 0 Å². The number of esters is 2. The van der Waals surface area contributed by atoms with Crippen molar-refractivity contribution in [2.75, 3.05) is 26.4 Å². The van der Waals surface area contributed by atoms with Gasteiger partial charge in [0, 0.05) is 19.4 Å². The van der Waals surface area contributed by atoms with E-state index in [-0.39, 0.29) is 38.6 Å². The molecule has 0 rings (SSSR count). The Morgan fingerprint density at radius 3 is 0.912 bits per heavy atom. The van der Waals surface area contributed by atoms with Crippen molar-refractivity contribution >= 4 is 19.8 Å². The third kappa shape index (κ3) is 75.1. The van der Waals surface area contributed by atoms with Gasteiger partial charge < -0.3 is 20.1 Å². The molecule has 0 aliphatic heterocycles. The molecule has 0 spiro atoms. The summed E-state index contributed by atoms with van der Waals surface area (Å²) in [5.74, 6) is -0.827. The van der Waals surface area contributed by atoms with E-state index in [9.17, 15) is 19.0 Å². The molecule has 10 heteroatoms. The second-order valence-corrected chi connectivity index (χ2v) is 26.2. The van der Waals surface area contributed by atoms with Crippen molar-refractivity contribution in [3.63, 3.8) is 0 Å². The third-order valence-corrected chi connectivity index (χ3v) is 17.0. The van der Waals surface area contributed by atoms with Crippen LogP contribution >= 0.6 is 7.82 Å². The second-order valence-electron chi connectivity index (χ2n) is 24.8. The van der Waals surface area contributed by atoms with E-state index in [0.717, 1.165) is 109 Å². The Hall–Kier alpha value is -3.85. The summed E-state index contributed by atoms with van der Waals surface area (Å²) in [6, 6.07) is 0. The number of carbonyl (C=O) groups excluding carboxylic acids is 2. The summed E-state index contributed by atoms with van der Waals surface area (Å²) in [5.41, 5.74) is 5.41. The molecule has 9 nitrogen and oxygen atoms in total. The molecule has 2 unspecified atom stereocenters. The number of ether oxygens (including phenoxy) is 2. The predicted molar refractivity (Wildman–Crippen MR) is 394 cm³/mol. The van der Waals surface area contributed by atoms with E-state index in [1.165, 1.54) is 193 Å². The highest BCUT2D eigenvalue weighted by Gasteiger charge is 2.26. The van der Waals surface area contributed by atoms with Gasteiger partial charge >= 0.3 is 19.8 Å². The molecule has 0 aromatic heterocycles. The standard InChI is InChI=1S/C81H140NO8P/c1-3-5-7-9-11-13-15-17-19-21-23-25-27-29-31-33-34-35-36-37-38-39-40-41-42-43-44-46-48-50-52-54-56-58-60-62-64-66-68-70-72-74-81(84)90-79(78-89-91(85,86)88-76-75-82)77-87-80(83)73-71-69-67-65-63-61-59-57-55-53-51-49-47-45-32-30-28-26-24-22-20-18-16-14-12-10-8-6-4-2/h5,7,11,13,17,19,22-25,29,31,34-35,37-38,40-41,43-44,48,50,79H,3-4,6,8-10,12,14-16,18,20-21,26-28,30,32-33,36,39,42,45-47,49,51-78,82H2,1-2H3,(H,85,86)/b7-5-,13-11-,19-17-,24-22-,25-23-,31-29-,35-34-,38-37-,41-40-,44-43-,50-48-. The highest BCUT2D eigenvalue weighted by molar-refractivity contribution is 7.47. The molecule has 522 valence electrons. The van der Waals surface area contributed by atoms with Gasteiger partial charge in [-0.1, -0.05) is 340 Å². The Morgan fingerprint density at radius 1 is 0.341 bits per heavy atom. The SMILES string of the molecule is CC/C=C\C/C=C\C/C=C\C/C=C\C/C=C\C/C=C\C/C=C\C/C=C\C/C=C\C/C=C\CCCCCCCCCCCCC(=O)OC(COC(=O)CCCCCCCCCCCCCCCCCCC/C=C\CCCCCCCCCC)COP(=O)(O)OCCN. The Bertz CT molecular complexity index is 1960. The molecule has 0 bridgehead atoms. The lowest BCUT2D eigenvalue weighted by Gasteiger charge is -2.19. The van der Waals surface area contributed by atoms with Crippen molar-refractivity contribution in [3.05, 3.63) is 134 Å². The van der Waals surface area contributed by atoms with E-state index >= 15 is 0 Å². The van der Waals surface area contributed by atoms with Crippen molar-refractivity contribution in [3.8, 4) is 0 Å². The maximum absolute atomic E-state index is 12.8. The average Bonchev–Trinajstić information content (AvgIpc) is 3.74. The molecule has 0 aliphatic carbocycles. The molecule has 0 fully saturated rings. The first-order chi connectivity index (χ1) is 44.8. The topological polar surface area (TPSA) is 134 Å². The maximum atomic E-state index is 12.8. The maximum Gasteiger partial charge on any atom is 0.472 e. The fourth-order valence-corrected chi connectivity index (χ4v) is 11.3. The minimum atomic E-state index is -4.40. The first kappa shape index (κ1) is 87.2. The fourth-order valence-electron chi connectivity index (χ4n) is 10.5. The Balaban J connectivity index is 3.90. The van der Waals surface area contributed by atoms with Gasteiger partial charge in [-0.3, -0.25) is 18.6 Å². The monoisotopic (exact) mass is 1290 g/mol. The fraction of sp³-hybridized carbons (Fsp3) is 0.704. The van der Waals surface area contributed by atoms with Gasteiger partial charge in [-0.25, -0.2) is 4.57 Å². The van der Waals surface area contributed by atoms with Crippen molar-refractivity contribution in [1.29, 1.82) is 0 Å². The number of rotatable bonds is 70. The van der Waals surface area contributed by atoms with Crippen molar-refractivity contribution < 1.29 is 37.6 Å². The summed E-state index contributed by atoms with van der Waals surface area (Å²) in [5, 5.41) is 0. The van der Waals surface area contributed by atoms with Crippen LogP contribution < -0.4 is 5.73 Å². The number of unbranched alkanes of at least 4 members (excludes halogenated alkanes) is 35. The quantitative estimate of drug-likeness (QED) is 0.0264. The van der Waals surface area contributed by atoms with Gasteiger partial charge in [0.15, 0.2) is 6.10 Å². The van der Waals surface area contributed by atoms with E-state index in [0.29, 0.717) is 6.42 Å². The van der Waals surface area contributed by atoms with Gasteiger partial charge in [0.05, 0.1) is 13.2 Å². The van der Waals surface area contributed by atoms with Crippen LogP contribution in [0, 0.1) is 0 Å². The summed E-state index contributed by atoms with van der Waals surface area (Å²) in [7, 11) is -4.40. The number of allylic oxidation sites excluding steroid dienone is 22. The Morgan fingerprint density at radius 2 is 0.604 bits per heavy atom. The van der Waals surface area contributed by atoms with Gasteiger partial charge in [0.2, 0.25) is 0 Å². The summed E-state index contributed by atoms with van der Waals surface area (Å²) in [4.78, 5) is 35.4. The van der Waals surface area contributed by atoms with Crippen LogP contribution in [-0.2, 0) is 32.7 Å². The molecule has 0 heterocycles. The van der Waals surface area contributed by atoms with Crippen LogP contribution in [0.1, 0.15) is 335 Å². The van der Waals surface area contributed by atoms with Crippen LogP contribution in [0.3, 0.4) is 0 Å². The lowest BCUT2D eigenvalue weighted by Crippen LogP contribution is -2.29. The average molecular weight is 1290 g/mol. The molecule has 91 heavy (non-hydrogen) atoms. The molecule has 0 radical (unpaired) electrons. The molecular weight excluding hydrogens is 1150 g/mol.